The summed E-state index contributed by atoms with van der Waals surface area (Å²) in [6, 6.07) is 29.2. The standard InChI is InChI=1S/C28H25ClN6/c29-25-14-8-7-13-23(25)26(21-9-3-1-4-10-21)33-15-17-34(18-16-33)27-24-19-32-35(28(24)31-20-30-27)22-11-5-2-6-12-22/h1-14,19-20,26H,15-18H2/p+1/t26-/m0/s1. The van der Waals surface area contributed by atoms with Gasteiger partial charge in [0.25, 0.3) is 0 Å². The Balaban J connectivity index is 1.28. The Morgan fingerprint density at radius 1 is 0.800 bits per heavy atom. The van der Waals surface area contributed by atoms with Crippen LogP contribution in [0.4, 0.5) is 5.82 Å². The number of hydrogen-bond acceptors (Lipinski definition) is 4. The van der Waals surface area contributed by atoms with E-state index in [0.717, 1.165) is 53.7 Å². The van der Waals surface area contributed by atoms with Crippen LogP contribution in [0.2, 0.25) is 5.02 Å². The zero-order valence-electron chi connectivity index (χ0n) is 19.3. The summed E-state index contributed by atoms with van der Waals surface area (Å²) in [7, 11) is 0. The lowest BCUT2D eigenvalue weighted by Crippen LogP contribution is -3.15. The van der Waals surface area contributed by atoms with Crippen LogP contribution in [0.15, 0.2) is 97.5 Å². The normalized spacial score (nSPS) is 15.4. The summed E-state index contributed by atoms with van der Waals surface area (Å²) < 4.78 is 1.88. The molecule has 0 aliphatic carbocycles. The van der Waals surface area contributed by atoms with Crippen LogP contribution in [0.3, 0.4) is 0 Å². The molecule has 3 aromatic carbocycles. The van der Waals surface area contributed by atoms with E-state index in [0.29, 0.717) is 0 Å². The van der Waals surface area contributed by atoms with E-state index in [1.807, 2.05) is 53.3 Å². The number of nitrogens with one attached hydrogen (secondary N) is 1. The van der Waals surface area contributed by atoms with Gasteiger partial charge in [-0.1, -0.05) is 78.3 Å². The molecule has 0 unspecified atom stereocenters. The van der Waals surface area contributed by atoms with Crippen LogP contribution >= 0.6 is 11.6 Å². The van der Waals surface area contributed by atoms with Gasteiger partial charge in [-0.2, -0.15) is 5.10 Å². The number of halogens is 1. The molecule has 0 radical (unpaired) electrons. The van der Waals surface area contributed by atoms with Crippen LogP contribution in [0.5, 0.6) is 0 Å². The fourth-order valence-corrected chi connectivity index (χ4v) is 5.37. The highest BCUT2D eigenvalue weighted by molar-refractivity contribution is 6.31. The molecule has 174 valence electrons. The fourth-order valence-electron chi connectivity index (χ4n) is 5.13. The number of rotatable bonds is 5. The molecule has 2 aromatic heterocycles. The quantitative estimate of drug-likeness (QED) is 0.413. The van der Waals surface area contributed by atoms with Crippen molar-refractivity contribution in [1.29, 1.82) is 0 Å². The number of aromatic nitrogens is 4. The highest BCUT2D eigenvalue weighted by Crippen LogP contribution is 2.28. The van der Waals surface area contributed by atoms with Crippen molar-refractivity contribution in [1.82, 2.24) is 19.7 Å². The van der Waals surface area contributed by atoms with Gasteiger partial charge in [0, 0.05) is 11.1 Å². The molecular weight excluding hydrogens is 456 g/mol. The second-order valence-corrected chi connectivity index (χ2v) is 9.24. The Morgan fingerprint density at radius 3 is 2.23 bits per heavy atom. The summed E-state index contributed by atoms with van der Waals surface area (Å²) in [6.45, 7) is 3.74. The van der Waals surface area contributed by atoms with Crippen molar-refractivity contribution in [3.8, 4) is 5.69 Å². The van der Waals surface area contributed by atoms with Crippen molar-refractivity contribution in [2.75, 3.05) is 31.1 Å². The predicted octanol–water partition coefficient (Wildman–Crippen LogP) is 3.96. The SMILES string of the molecule is Clc1ccccc1[C@H](c1ccccc1)[NH+]1CCN(c2ncnc3c2cnn3-c2ccccc2)CC1. The Labute approximate surface area is 209 Å². The zero-order chi connectivity index (χ0) is 23.6. The van der Waals surface area contributed by atoms with Crippen LogP contribution in [0.25, 0.3) is 16.7 Å². The maximum Gasteiger partial charge on any atom is 0.168 e. The number of piperazine rings is 1. The zero-order valence-corrected chi connectivity index (χ0v) is 20.0. The lowest BCUT2D eigenvalue weighted by molar-refractivity contribution is -0.926. The number of para-hydroxylation sites is 1. The van der Waals surface area contributed by atoms with Gasteiger partial charge in [-0.05, 0) is 18.2 Å². The summed E-state index contributed by atoms with van der Waals surface area (Å²) in [6.07, 6.45) is 3.53. The van der Waals surface area contributed by atoms with Crippen molar-refractivity contribution >= 4 is 28.5 Å². The molecule has 1 N–H and O–H groups in total. The predicted molar refractivity (Wildman–Crippen MR) is 139 cm³/mol. The van der Waals surface area contributed by atoms with Crippen molar-refractivity contribution in [2.45, 2.75) is 6.04 Å². The molecule has 0 saturated carbocycles. The van der Waals surface area contributed by atoms with E-state index in [1.54, 1.807) is 6.33 Å². The number of benzene rings is 3. The van der Waals surface area contributed by atoms with Crippen LogP contribution in [0, 0.1) is 0 Å². The number of quaternary nitrogens is 1. The van der Waals surface area contributed by atoms with E-state index in [2.05, 4.69) is 62.4 Å². The second-order valence-electron chi connectivity index (χ2n) is 8.84. The minimum absolute atomic E-state index is 0.193. The molecule has 0 spiro atoms. The van der Waals surface area contributed by atoms with Gasteiger partial charge in [-0.15, -0.1) is 0 Å². The van der Waals surface area contributed by atoms with E-state index in [-0.39, 0.29) is 6.04 Å². The van der Waals surface area contributed by atoms with E-state index in [1.165, 1.54) is 16.0 Å². The van der Waals surface area contributed by atoms with Crippen LogP contribution in [-0.4, -0.2) is 45.9 Å². The molecular formula is C28H26ClN6+. The molecule has 1 fully saturated rings. The topological polar surface area (TPSA) is 51.3 Å². The first-order chi connectivity index (χ1) is 17.3. The molecule has 1 atom stereocenters. The van der Waals surface area contributed by atoms with Crippen LogP contribution < -0.4 is 9.80 Å². The molecule has 1 saturated heterocycles. The van der Waals surface area contributed by atoms with Gasteiger partial charge in [0.15, 0.2) is 5.65 Å². The lowest BCUT2D eigenvalue weighted by Gasteiger charge is -2.37. The first kappa shape index (κ1) is 21.8. The van der Waals surface area contributed by atoms with Gasteiger partial charge in [-0.3, -0.25) is 0 Å². The maximum atomic E-state index is 6.68. The van der Waals surface area contributed by atoms with Crippen molar-refractivity contribution < 1.29 is 4.90 Å². The third-order valence-electron chi connectivity index (χ3n) is 6.81. The third-order valence-corrected chi connectivity index (χ3v) is 7.15. The van der Waals surface area contributed by atoms with Gasteiger partial charge in [0.1, 0.15) is 18.2 Å². The molecule has 6 rings (SSSR count). The highest BCUT2D eigenvalue weighted by atomic mass is 35.5. The number of nitrogens with zero attached hydrogens (tertiary/aromatic N) is 5. The molecule has 6 nitrogen and oxygen atoms in total. The van der Waals surface area contributed by atoms with Gasteiger partial charge < -0.3 is 9.80 Å². The smallest absolute Gasteiger partial charge is 0.168 e. The summed E-state index contributed by atoms with van der Waals surface area (Å²) in [5, 5.41) is 6.42. The summed E-state index contributed by atoms with van der Waals surface area (Å²) in [5.74, 6) is 0.949. The molecule has 0 bridgehead atoms. The minimum atomic E-state index is 0.193. The lowest BCUT2D eigenvalue weighted by atomic mass is 9.96. The van der Waals surface area contributed by atoms with E-state index >= 15 is 0 Å². The van der Waals surface area contributed by atoms with E-state index < -0.39 is 0 Å². The number of hydrogen-bond donors (Lipinski definition) is 1. The Kier molecular flexibility index (Phi) is 5.90. The van der Waals surface area contributed by atoms with Gasteiger partial charge in [0.2, 0.25) is 0 Å². The maximum absolute atomic E-state index is 6.68. The van der Waals surface area contributed by atoms with Gasteiger partial charge in [0.05, 0.1) is 48.5 Å². The first-order valence-corrected chi connectivity index (χ1v) is 12.3. The molecule has 5 aromatic rings. The highest BCUT2D eigenvalue weighted by Gasteiger charge is 2.32. The third kappa shape index (κ3) is 4.16. The summed E-state index contributed by atoms with van der Waals surface area (Å²) >= 11 is 6.68. The molecule has 1 aliphatic rings. The summed E-state index contributed by atoms with van der Waals surface area (Å²) in [5.41, 5.74) is 4.29. The number of anilines is 1. The first-order valence-electron chi connectivity index (χ1n) is 11.9. The van der Waals surface area contributed by atoms with Crippen molar-refractivity contribution in [2.24, 2.45) is 0 Å². The van der Waals surface area contributed by atoms with Crippen LogP contribution in [0.1, 0.15) is 17.2 Å². The van der Waals surface area contributed by atoms with Crippen molar-refractivity contribution in [3.63, 3.8) is 0 Å². The summed E-state index contributed by atoms with van der Waals surface area (Å²) in [4.78, 5) is 13.1. The van der Waals surface area contributed by atoms with Crippen molar-refractivity contribution in [3.05, 3.63) is 114 Å². The Morgan fingerprint density at radius 2 is 1.49 bits per heavy atom. The molecule has 3 heterocycles. The fraction of sp³-hybridized carbons (Fsp3) is 0.179. The molecule has 1 aliphatic heterocycles. The Bertz CT molecular complexity index is 1430. The Hall–Kier alpha value is -3.74. The van der Waals surface area contributed by atoms with Gasteiger partial charge in [-0.25, -0.2) is 14.6 Å². The molecule has 35 heavy (non-hydrogen) atoms. The minimum Gasteiger partial charge on any atom is -0.345 e. The molecule has 0 amide bonds. The average molecular weight is 482 g/mol. The second kappa shape index (κ2) is 9.49. The van der Waals surface area contributed by atoms with Crippen LogP contribution in [-0.2, 0) is 0 Å². The monoisotopic (exact) mass is 481 g/mol. The molecule has 7 heteroatoms. The van der Waals surface area contributed by atoms with Gasteiger partial charge >= 0.3 is 0 Å². The number of fused-ring (bicyclic) bond motifs is 1. The van der Waals surface area contributed by atoms with E-state index in [9.17, 15) is 0 Å². The average Bonchev–Trinajstić information content (AvgIpc) is 3.36. The largest absolute Gasteiger partial charge is 0.345 e. The van der Waals surface area contributed by atoms with E-state index in [4.69, 9.17) is 11.6 Å².